The number of rotatable bonds is 13. The van der Waals surface area contributed by atoms with Gasteiger partial charge >= 0.3 is 10.4 Å². The van der Waals surface area contributed by atoms with Gasteiger partial charge in [-0.25, -0.2) is 22.6 Å². The lowest BCUT2D eigenvalue weighted by Crippen LogP contribution is -2.43. The Hall–Kier alpha value is -4.82. The zero-order valence-electron chi connectivity index (χ0n) is 28.9. The van der Waals surface area contributed by atoms with E-state index in [0.29, 0.717) is 6.08 Å². The van der Waals surface area contributed by atoms with Crippen molar-refractivity contribution in [2.75, 3.05) is 29.6 Å². The van der Waals surface area contributed by atoms with E-state index in [9.17, 15) is 60.9 Å². The zero-order chi connectivity index (χ0) is 43.2. The Kier molecular flexibility index (Phi) is 12.3. The second-order valence-electron chi connectivity index (χ2n) is 12.0. The Bertz CT molecular complexity index is 2860. The van der Waals surface area contributed by atoms with Crippen LogP contribution < -0.4 is 21.3 Å². The van der Waals surface area contributed by atoms with Gasteiger partial charge in [0.05, 0.1) is 33.8 Å². The highest BCUT2D eigenvalue weighted by Gasteiger charge is 2.40. The number of nitrogens with zero attached hydrogens (tertiary/aromatic N) is 5. The highest BCUT2D eigenvalue weighted by Crippen LogP contribution is 2.41. The number of hydrogen-bond acceptors (Lipinski definition) is 20. The molecule has 0 aromatic heterocycles. The highest BCUT2D eigenvalue weighted by molar-refractivity contribution is 7.91. The van der Waals surface area contributed by atoms with Gasteiger partial charge in [-0.3, -0.25) is 18.2 Å². The van der Waals surface area contributed by atoms with Crippen LogP contribution in [0.2, 0.25) is 0 Å². The van der Waals surface area contributed by atoms with E-state index in [0.717, 1.165) is 24.3 Å². The largest absolute Gasteiger partial charge is 0.512 e. The molecule has 9 N–H and O–H groups in total. The first kappa shape index (κ1) is 44.3. The molecule has 30 heteroatoms. The lowest BCUT2D eigenvalue weighted by Gasteiger charge is -2.31. The summed E-state index contributed by atoms with van der Waals surface area (Å²) < 4.78 is 162. The number of aliphatic imine (C=N–C) groups is 2. The van der Waals surface area contributed by atoms with E-state index in [1.807, 2.05) is 0 Å². The lowest BCUT2D eigenvalue weighted by atomic mass is 9.81. The number of benzene rings is 2. The van der Waals surface area contributed by atoms with Crippen LogP contribution in [0.3, 0.4) is 0 Å². The average molecular weight is 929 g/mol. The molecular formula is C28H29ClN8O16S5. The number of aliphatic hydroxyl groups is 1. The van der Waals surface area contributed by atoms with Gasteiger partial charge in [-0.1, -0.05) is 6.07 Å². The molecule has 3 atom stereocenters. The van der Waals surface area contributed by atoms with Crippen molar-refractivity contribution in [3.8, 4) is 0 Å². The summed E-state index contributed by atoms with van der Waals surface area (Å²) in [4.78, 5) is 6.91. The van der Waals surface area contributed by atoms with Crippen LogP contribution in [0.25, 0.3) is 0 Å². The van der Waals surface area contributed by atoms with Gasteiger partial charge in [-0.05, 0) is 71.8 Å². The van der Waals surface area contributed by atoms with Crippen molar-refractivity contribution in [3.63, 3.8) is 0 Å². The van der Waals surface area contributed by atoms with Gasteiger partial charge < -0.3 is 26.4 Å². The number of guanidine groups is 1. The van der Waals surface area contributed by atoms with Gasteiger partial charge in [0, 0.05) is 18.4 Å². The molecule has 0 saturated heterocycles. The SMILES string of the molecule is CN(c1cccc(S(=O)(=O)CCOS(=O)(=O)O)c1)C1N=C(Cl)NC(Nc2ccc(N=NC3C(N)=C(S(=O)(=O)O)C=C4C=C(S(=O)(=O)O)C=C(O)C43)c(S(=O)(=O)O)c2)=N1. The maximum atomic E-state index is 12.8. The summed E-state index contributed by atoms with van der Waals surface area (Å²) in [5, 5.41) is 23.5. The fraction of sp³-hybridized carbons (Fsp3) is 0.214. The van der Waals surface area contributed by atoms with E-state index in [1.165, 1.54) is 42.3 Å². The smallest absolute Gasteiger partial charge is 0.397 e. The minimum atomic E-state index is -5.12. The molecule has 24 nitrogen and oxygen atoms in total. The first-order chi connectivity index (χ1) is 26.6. The Balaban J connectivity index is 1.43. The molecule has 1 heterocycles. The van der Waals surface area contributed by atoms with E-state index in [2.05, 4.69) is 35.0 Å². The molecule has 0 amide bonds. The first-order valence-corrected chi connectivity index (χ1v) is 23.2. The Morgan fingerprint density at radius 3 is 2.22 bits per heavy atom. The normalized spacial score (nSPS) is 20.6. The summed E-state index contributed by atoms with van der Waals surface area (Å²) in [7, 11) is -22.7. The number of hydrogen-bond donors (Lipinski definition) is 8. The number of nitrogens with two attached hydrogens (primary N) is 1. The van der Waals surface area contributed by atoms with Crippen molar-refractivity contribution in [3.05, 3.63) is 87.5 Å². The minimum absolute atomic E-state index is 0.0718. The van der Waals surface area contributed by atoms with Gasteiger partial charge in [0.25, 0.3) is 30.4 Å². The maximum Gasteiger partial charge on any atom is 0.397 e. The lowest BCUT2D eigenvalue weighted by molar-refractivity contribution is 0.284. The molecule has 0 fully saturated rings. The average Bonchev–Trinajstić information content (AvgIpc) is 3.09. The van der Waals surface area contributed by atoms with Crippen molar-refractivity contribution >= 4 is 90.5 Å². The predicted molar refractivity (Wildman–Crippen MR) is 205 cm³/mol. The molecule has 314 valence electrons. The predicted octanol–water partition coefficient (Wildman–Crippen LogP) is 1.21. The molecular weight excluding hydrogens is 900 g/mol. The van der Waals surface area contributed by atoms with Crippen LogP contribution in [-0.4, -0.2) is 108 Å². The van der Waals surface area contributed by atoms with Crippen LogP contribution in [0.1, 0.15) is 0 Å². The van der Waals surface area contributed by atoms with Crippen LogP contribution in [-0.2, 0) is 54.8 Å². The topological polar surface area (TPSA) is 384 Å². The standard InChI is InChI=1S/C28H29ClN8O16S5/c1-37(16-3-2-4-17(12-16)54(39,40)8-7-53-58(50,51)52)28-33-26(29)32-27(34-28)31-15-5-6-19(21(11-15)56(44,45)46)35-36-25-23-14(10-22(24(25)30)57(47,48)49)9-18(13-20(23)38)55(41,42)43/h2-6,9-13,23,25,28,38H,7-8,30H2,1H3,(H,41,42,43)(H,44,45,46)(H,47,48,49)(H,50,51,52)(H2,31,32,33,34). The number of sulfone groups is 1. The summed E-state index contributed by atoms with van der Waals surface area (Å²) in [6.07, 6.45) is 0.969. The summed E-state index contributed by atoms with van der Waals surface area (Å²) >= 11 is 6.20. The molecule has 0 spiro atoms. The number of allylic oxidation sites excluding steroid dienone is 3. The van der Waals surface area contributed by atoms with Crippen molar-refractivity contribution in [1.29, 1.82) is 0 Å². The number of fused-ring (bicyclic) bond motifs is 1. The van der Waals surface area contributed by atoms with Crippen molar-refractivity contribution in [2.45, 2.75) is 22.1 Å². The number of amidine groups is 1. The van der Waals surface area contributed by atoms with Crippen LogP contribution >= 0.6 is 11.6 Å². The molecule has 58 heavy (non-hydrogen) atoms. The second-order valence-corrected chi connectivity index (χ2v) is 19.8. The number of azo groups is 1. The number of aliphatic hydroxyl groups excluding tert-OH is 1. The van der Waals surface area contributed by atoms with Crippen molar-refractivity contribution < 1.29 is 69.6 Å². The number of halogens is 1. The summed E-state index contributed by atoms with van der Waals surface area (Å²) in [5.41, 5.74) is 4.58. The third-order valence-electron chi connectivity index (χ3n) is 8.07. The van der Waals surface area contributed by atoms with Gasteiger partial charge in [0.15, 0.2) is 9.84 Å². The van der Waals surface area contributed by atoms with Gasteiger partial charge in [-0.2, -0.15) is 43.9 Å². The van der Waals surface area contributed by atoms with Gasteiger partial charge in [-0.15, -0.1) is 0 Å². The van der Waals surface area contributed by atoms with E-state index in [4.69, 9.17) is 21.9 Å². The van der Waals surface area contributed by atoms with Crippen LogP contribution in [0.5, 0.6) is 0 Å². The van der Waals surface area contributed by atoms with Crippen molar-refractivity contribution in [1.82, 2.24) is 5.32 Å². The van der Waals surface area contributed by atoms with E-state index in [1.54, 1.807) is 0 Å². The molecule has 0 bridgehead atoms. The van der Waals surface area contributed by atoms with Crippen LogP contribution in [0.4, 0.5) is 17.1 Å². The monoisotopic (exact) mass is 928 g/mol. The third-order valence-corrected chi connectivity index (χ3v) is 13.0. The number of anilines is 2. The Morgan fingerprint density at radius 1 is 0.914 bits per heavy atom. The quantitative estimate of drug-likeness (QED) is 0.0795. The minimum Gasteiger partial charge on any atom is -0.512 e. The fourth-order valence-electron chi connectivity index (χ4n) is 5.42. The Labute approximate surface area is 335 Å². The molecule has 0 saturated carbocycles. The van der Waals surface area contributed by atoms with E-state index < -0.39 is 113 Å². The molecule has 3 unspecified atom stereocenters. The molecule has 0 radical (unpaired) electrons. The summed E-state index contributed by atoms with van der Waals surface area (Å²) in [6.45, 7) is -0.857. The second kappa shape index (κ2) is 16.1. The molecule has 2 aromatic rings. The van der Waals surface area contributed by atoms with Gasteiger partial charge in [0.2, 0.25) is 17.5 Å². The van der Waals surface area contributed by atoms with Crippen molar-refractivity contribution in [2.24, 2.45) is 31.9 Å². The Morgan fingerprint density at radius 2 is 1.60 bits per heavy atom. The fourth-order valence-corrected chi connectivity index (χ4v) is 9.03. The first-order valence-electron chi connectivity index (χ1n) is 15.5. The number of nitrogens with one attached hydrogen (secondary N) is 2. The molecule has 2 aromatic carbocycles. The summed E-state index contributed by atoms with van der Waals surface area (Å²) in [6, 6.07) is 6.72. The molecule has 5 rings (SSSR count). The molecule has 3 aliphatic rings. The van der Waals surface area contributed by atoms with E-state index >= 15 is 0 Å². The maximum absolute atomic E-state index is 12.8. The highest BCUT2D eigenvalue weighted by atomic mass is 35.5. The van der Waals surface area contributed by atoms with E-state index in [-0.39, 0.29) is 33.1 Å². The van der Waals surface area contributed by atoms with Crippen LogP contribution in [0, 0.1) is 5.92 Å². The zero-order valence-corrected chi connectivity index (χ0v) is 33.7. The molecule has 2 aliphatic carbocycles. The summed E-state index contributed by atoms with van der Waals surface area (Å²) in [5.74, 6) is -3.17. The molecule has 1 aliphatic heterocycles. The van der Waals surface area contributed by atoms with Crippen LogP contribution in [0.15, 0.2) is 118 Å². The third kappa shape index (κ3) is 10.4. The van der Waals surface area contributed by atoms with Gasteiger partial charge in [0.1, 0.15) is 27.3 Å².